The Bertz CT molecular complexity index is 1040. The van der Waals surface area contributed by atoms with E-state index in [1.165, 1.54) is 23.5 Å². The maximum atomic E-state index is 13.0. The van der Waals surface area contributed by atoms with E-state index in [9.17, 15) is 4.39 Å². The number of halogens is 1. The van der Waals surface area contributed by atoms with Gasteiger partial charge in [0.25, 0.3) is 0 Å². The number of thiazole rings is 1. The Morgan fingerprint density at radius 3 is 2.68 bits per heavy atom. The number of anilines is 2. The minimum absolute atomic E-state index is 0.207. The lowest BCUT2D eigenvalue weighted by molar-refractivity contribution is 0.174. The van der Waals surface area contributed by atoms with Crippen LogP contribution in [0.3, 0.4) is 0 Å². The number of aromatic nitrogens is 3. The molecule has 1 N–H and O–H groups in total. The zero-order valence-corrected chi connectivity index (χ0v) is 13.3. The third kappa shape index (κ3) is 2.54. The number of hydrogen-bond acceptors (Lipinski definition) is 8. The van der Waals surface area contributed by atoms with Crippen LogP contribution in [0, 0.1) is 5.82 Å². The Balaban J connectivity index is 1.42. The van der Waals surface area contributed by atoms with Crippen molar-refractivity contribution in [3.05, 3.63) is 42.2 Å². The Morgan fingerprint density at radius 1 is 1.04 bits per heavy atom. The van der Waals surface area contributed by atoms with Crippen molar-refractivity contribution in [2.24, 2.45) is 0 Å². The van der Waals surface area contributed by atoms with Gasteiger partial charge in [-0.2, -0.15) is 0 Å². The first kappa shape index (κ1) is 14.2. The van der Waals surface area contributed by atoms with Crippen molar-refractivity contribution < 1.29 is 18.3 Å². The highest BCUT2D eigenvalue weighted by Gasteiger charge is 2.17. The summed E-state index contributed by atoms with van der Waals surface area (Å²) >= 11 is 1.43. The summed E-state index contributed by atoms with van der Waals surface area (Å²) in [4.78, 5) is 4.47. The first-order valence-electron chi connectivity index (χ1n) is 7.31. The lowest BCUT2D eigenvalue weighted by Gasteiger charge is -1.95. The van der Waals surface area contributed by atoms with E-state index in [4.69, 9.17) is 13.9 Å². The largest absolute Gasteiger partial charge is 0.454 e. The fraction of sp³-hybridized carbons (Fsp3) is 0.0625. The molecule has 7 nitrogen and oxygen atoms in total. The van der Waals surface area contributed by atoms with Gasteiger partial charge >= 0.3 is 6.01 Å². The van der Waals surface area contributed by atoms with Gasteiger partial charge in [0, 0.05) is 17.7 Å². The molecule has 0 atom stereocenters. The summed E-state index contributed by atoms with van der Waals surface area (Å²) < 4.78 is 30.2. The lowest BCUT2D eigenvalue weighted by Crippen LogP contribution is -1.92. The van der Waals surface area contributed by atoms with Crippen molar-refractivity contribution in [3.8, 4) is 23.0 Å². The molecule has 0 amide bonds. The fourth-order valence-electron chi connectivity index (χ4n) is 2.45. The molecule has 25 heavy (non-hydrogen) atoms. The second-order valence-corrected chi connectivity index (χ2v) is 6.27. The summed E-state index contributed by atoms with van der Waals surface area (Å²) in [5.74, 6) is 1.36. The highest BCUT2D eigenvalue weighted by molar-refractivity contribution is 7.22. The van der Waals surface area contributed by atoms with Crippen LogP contribution in [0.1, 0.15) is 0 Å². The van der Waals surface area contributed by atoms with E-state index in [0.29, 0.717) is 28.1 Å². The van der Waals surface area contributed by atoms with Gasteiger partial charge in [0.1, 0.15) is 5.82 Å². The molecule has 2 aromatic heterocycles. The van der Waals surface area contributed by atoms with E-state index in [1.807, 2.05) is 12.1 Å². The van der Waals surface area contributed by atoms with E-state index in [0.717, 1.165) is 10.2 Å². The molecular weight excluding hydrogens is 347 g/mol. The van der Waals surface area contributed by atoms with Crippen LogP contribution in [0.15, 0.2) is 40.8 Å². The van der Waals surface area contributed by atoms with E-state index in [1.54, 1.807) is 12.1 Å². The van der Waals surface area contributed by atoms with Crippen LogP contribution in [-0.4, -0.2) is 22.0 Å². The van der Waals surface area contributed by atoms with Crippen molar-refractivity contribution in [1.82, 2.24) is 15.2 Å². The second-order valence-electron chi connectivity index (χ2n) is 5.24. The van der Waals surface area contributed by atoms with Gasteiger partial charge in [-0.1, -0.05) is 16.4 Å². The molecule has 124 valence electrons. The Labute approximate surface area is 144 Å². The number of nitrogens with zero attached hydrogens (tertiary/aromatic N) is 3. The van der Waals surface area contributed by atoms with Crippen molar-refractivity contribution >= 4 is 32.7 Å². The number of nitrogens with one attached hydrogen (secondary N) is 1. The maximum absolute atomic E-state index is 13.0. The summed E-state index contributed by atoms with van der Waals surface area (Å²) in [6.07, 6.45) is 0. The molecule has 1 aliphatic heterocycles. The summed E-state index contributed by atoms with van der Waals surface area (Å²) in [7, 11) is 0. The second kappa shape index (κ2) is 5.42. The van der Waals surface area contributed by atoms with Gasteiger partial charge < -0.3 is 13.9 Å². The first-order chi connectivity index (χ1) is 12.2. The van der Waals surface area contributed by atoms with Gasteiger partial charge in [0.05, 0.1) is 10.2 Å². The lowest BCUT2D eigenvalue weighted by atomic mass is 10.2. The topological polar surface area (TPSA) is 82.3 Å². The Morgan fingerprint density at radius 2 is 1.84 bits per heavy atom. The molecule has 2 aromatic carbocycles. The first-order valence-corrected chi connectivity index (χ1v) is 8.13. The van der Waals surface area contributed by atoms with Crippen LogP contribution in [-0.2, 0) is 0 Å². The Kier molecular flexibility index (Phi) is 3.07. The molecule has 4 aromatic rings. The standard InChI is InChI=1S/C16H9FN4O3S/c17-9-3-1-8(2-4-9)14-20-21-15(24-14)19-16-18-10-5-11-12(23-7-22-11)6-13(10)25-16/h1-6H,7H2,(H,18,19,21). The van der Waals surface area contributed by atoms with Crippen LogP contribution in [0.25, 0.3) is 21.7 Å². The van der Waals surface area contributed by atoms with Crippen LogP contribution < -0.4 is 14.8 Å². The highest BCUT2D eigenvalue weighted by atomic mass is 32.1. The van der Waals surface area contributed by atoms with Crippen LogP contribution >= 0.6 is 11.3 Å². The number of fused-ring (bicyclic) bond motifs is 2. The van der Waals surface area contributed by atoms with Crippen molar-refractivity contribution in [2.75, 3.05) is 12.1 Å². The molecular formula is C16H9FN4O3S. The molecule has 3 heterocycles. The van der Waals surface area contributed by atoms with E-state index < -0.39 is 0 Å². The normalized spacial score (nSPS) is 12.7. The number of ether oxygens (including phenoxy) is 2. The summed E-state index contributed by atoms with van der Waals surface area (Å²) in [5.41, 5.74) is 1.42. The van der Waals surface area contributed by atoms with Gasteiger partial charge in [-0.15, -0.1) is 5.10 Å². The molecule has 0 bridgehead atoms. The minimum atomic E-state index is -0.323. The molecule has 0 radical (unpaired) electrons. The van der Waals surface area contributed by atoms with Crippen LogP contribution in [0.4, 0.5) is 15.5 Å². The van der Waals surface area contributed by atoms with E-state index >= 15 is 0 Å². The summed E-state index contributed by atoms with van der Waals surface area (Å²) in [5, 5.41) is 11.5. The van der Waals surface area contributed by atoms with Crippen LogP contribution in [0.5, 0.6) is 11.5 Å². The molecule has 0 aliphatic carbocycles. The molecule has 9 heteroatoms. The maximum Gasteiger partial charge on any atom is 0.322 e. The van der Waals surface area contributed by atoms with Crippen molar-refractivity contribution in [3.63, 3.8) is 0 Å². The molecule has 0 saturated heterocycles. The SMILES string of the molecule is Fc1ccc(-c2nnc(Nc3nc4cc5c(cc4s3)OCO5)o2)cc1. The predicted octanol–water partition coefficient (Wildman–Crippen LogP) is 3.96. The molecule has 0 spiro atoms. The van der Waals surface area contributed by atoms with E-state index in [2.05, 4.69) is 20.5 Å². The average Bonchev–Trinajstić information content (AvgIpc) is 3.32. The van der Waals surface area contributed by atoms with Gasteiger partial charge in [-0.25, -0.2) is 9.37 Å². The van der Waals surface area contributed by atoms with E-state index in [-0.39, 0.29) is 18.6 Å². The third-order valence-corrected chi connectivity index (χ3v) is 4.55. The molecule has 0 saturated carbocycles. The third-order valence-electron chi connectivity index (χ3n) is 3.61. The van der Waals surface area contributed by atoms with Gasteiger partial charge in [-0.05, 0) is 24.3 Å². The highest BCUT2D eigenvalue weighted by Crippen LogP contribution is 2.39. The Hall–Kier alpha value is -3.20. The summed E-state index contributed by atoms with van der Waals surface area (Å²) in [6.45, 7) is 0.228. The molecule has 0 unspecified atom stereocenters. The van der Waals surface area contributed by atoms with Crippen molar-refractivity contribution in [2.45, 2.75) is 0 Å². The average molecular weight is 356 g/mol. The number of hydrogen-bond donors (Lipinski definition) is 1. The number of benzene rings is 2. The smallest absolute Gasteiger partial charge is 0.322 e. The zero-order chi connectivity index (χ0) is 16.8. The molecule has 0 fully saturated rings. The predicted molar refractivity (Wildman–Crippen MR) is 88.7 cm³/mol. The minimum Gasteiger partial charge on any atom is -0.454 e. The van der Waals surface area contributed by atoms with Gasteiger partial charge in [0.2, 0.25) is 12.7 Å². The molecule has 1 aliphatic rings. The van der Waals surface area contributed by atoms with Crippen molar-refractivity contribution in [1.29, 1.82) is 0 Å². The number of rotatable bonds is 3. The molecule has 5 rings (SSSR count). The quantitative estimate of drug-likeness (QED) is 0.595. The summed E-state index contributed by atoms with van der Waals surface area (Å²) in [6, 6.07) is 9.75. The van der Waals surface area contributed by atoms with Crippen LogP contribution in [0.2, 0.25) is 0 Å². The zero-order valence-electron chi connectivity index (χ0n) is 12.5. The van der Waals surface area contributed by atoms with Gasteiger partial charge in [0.15, 0.2) is 16.6 Å². The fourth-order valence-corrected chi connectivity index (χ4v) is 3.31. The monoisotopic (exact) mass is 356 g/mol. The van der Waals surface area contributed by atoms with Gasteiger partial charge in [-0.3, -0.25) is 5.32 Å².